The summed E-state index contributed by atoms with van der Waals surface area (Å²) < 4.78 is 30.1. The maximum absolute atomic E-state index is 13.5. The summed E-state index contributed by atoms with van der Waals surface area (Å²) in [5.41, 5.74) is 8.74. The van der Waals surface area contributed by atoms with Crippen LogP contribution in [0.4, 0.5) is 5.69 Å². The fourth-order valence-electron chi connectivity index (χ4n) is 4.46. The first-order valence-corrected chi connectivity index (χ1v) is 14.3. The first kappa shape index (κ1) is 28.4. The molecule has 0 saturated heterocycles. The van der Waals surface area contributed by atoms with Gasteiger partial charge in [0, 0.05) is 17.0 Å². The second kappa shape index (κ2) is 11.7. The van der Waals surface area contributed by atoms with Crippen LogP contribution in [0.3, 0.4) is 0 Å². The molecular formula is C29H28Cl2N4O3S. The lowest BCUT2D eigenvalue weighted by Crippen LogP contribution is -2.39. The highest BCUT2D eigenvalue weighted by molar-refractivity contribution is 7.92. The summed E-state index contributed by atoms with van der Waals surface area (Å²) >= 11 is 12.5. The Bertz CT molecular complexity index is 1650. The molecule has 1 aromatic heterocycles. The third-order valence-corrected chi connectivity index (χ3v) is 8.93. The fraction of sp³-hybridized carbons (Fsp3) is 0.172. The van der Waals surface area contributed by atoms with Crippen LogP contribution in [-0.4, -0.2) is 31.7 Å². The number of anilines is 1. The largest absolute Gasteiger partial charge is 0.317 e. The molecule has 0 unspecified atom stereocenters. The van der Waals surface area contributed by atoms with Crippen molar-refractivity contribution in [1.29, 1.82) is 0 Å². The Morgan fingerprint density at radius 2 is 1.59 bits per heavy atom. The number of halogens is 2. The van der Waals surface area contributed by atoms with E-state index in [0.717, 1.165) is 38.1 Å². The maximum atomic E-state index is 13.5. The van der Waals surface area contributed by atoms with E-state index >= 15 is 0 Å². The minimum Gasteiger partial charge on any atom is -0.317 e. The fourth-order valence-corrected chi connectivity index (χ4v) is 6.37. The number of hydrogen-bond donors (Lipinski definition) is 1. The highest BCUT2D eigenvalue weighted by Crippen LogP contribution is 2.35. The Morgan fingerprint density at radius 1 is 0.949 bits per heavy atom. The van der Waals surface area contributed by atoms with Crippen molar-refractivity contribution < 1.29 is 13.2 Å². The Hall–Kier alpha value is -3.59. The van der Waals surface area contributed by atoms with Gasteiger partial charge in [-0.2, -0.15) is 5.10 Å². The first-order chi connectivity index (χ1) is 18.5. The molecule has 4 rings (SSSR count). The van der Waals surface area contributed by atoms with Crippen molar-refractivity contribution in [2.24, 2.45) is 5.10 Å². The van der Waals surface area contributed by atoms with Crippen LogP contribution in [-0.2, 0) is 14.8 Å². The van der Waals surface area contributed by atoms with E-state index in [2.05, 4.69) is 41.1 Å². The summed E-state index contributed by atoms with van der Waals surface area (Å²) in [6, 6.07) is 20.5. The van der Waals surface area contributed by atoms with Crippen LogP contribution >= 0.6 is 23.2 Å². The van der Waals surface area contributed by atoms with Crippen molar-refractivity contribution in [1.82, 2.24) is 9.99 Å². The van der Waals surface area contributed by atoms with E-state index < -0.39 is 22.5 Å². The smallest absolute Gasteiger partial charge is 0.264 e. The number of nitrogens with zero attached hydrogens (tertiary/aromatic N) is 3. The number of nitrogens with one attached hydrogen (secondary N) is 1. The van der Waals surface area contributed by atoms with Crippen LogP contribution in [0.15, 0.2) is 82.8 Å². The van der Waals surface area contributed by atoms with E-state index in [9.17, 15) is 13.2 Å². The number of amides is 1. The number of aryl methyl sites for hydroxylation is 3. The summed E-state index contributed by atoms with van der Waals surface area (Å²) in [5, 5.41) is 4.31. The maximum Gasteiger partial charge on any atom is 0.264 e. The molecule has 0 aliphatic rings. The molecule has 0 aliphatic carbocycles. The van der Waals surface area contributed by atoms with Crippen molar-refractivity contribution in [3.63, 3.8) is 0 Å². The van der Waals surface area contributed by atoms with Crippen molar-refractivity contribution in [3.8, 4) is 5.69 Å². The van der Waals surface area contributed by atoms with E-state index in [-0.39, 0.29) is 20.6 Å². The minimum absolute atomic E-state index is 0.0104. The number of hydrazone groups is 1. The topological polar surface area (TPSA) is 83.8 Å². The van der Waals surface area contributed by atoms with E-state index in [1.807, 2.05) is 26.0 Å². The second-order valence-electron chi connectivity index (χ2n) is 9.09. The van der Waals surface area contributed by atoms with Gasteiger partial charge in [-0.05, 0) is 69.2 Å². The second-order valence-corrected chi connectivity index (χ2v) is 11.7. The molecule has 0 atom stereocenters. The van der Waals surface area contributed by atoms with Gasteiger partial charge in [0.05, 0.1) is 32.5 Å². The quantitative estimate of drug-likeness (QED) is 0.194. The molecule has 7 nitrogen and oxygen atoms in total. The van der Waals surface area contributed by atoms with Crippen LogP contribution in [0.2, 0.25) is 10.0 Å². The molecule has 10 heteroatoms. The van der Waals surface area contributed by atoms with Crippen molar-refractivity contribution in [2.45, 2.75) is 32.6 Å². The molecule has 202 valence electrons. The van der Waals surface area contributed by atoms with Gasteiger partial charge in [-0.3, -0.25) is 9.10 Å². The summed E-state index contributed by atoms with van der Waals surface area (Å²) in [6.45, 7) is 7.57. The van der Waals surface area contributed by atoms with Gasteiger partial charge in [-0.1, -0.05) is 65.7 Å². The number of para-hydroxylation sites is 1. The molecule has 1 amide bonds. The summed E-state index contributed by atoms with van der Waals surface area (Å²) in [4.78, 5) is 13.0. The SMILES string of the molecule is Cc1cccc(C)c1-n1c(C)cc(/C=N/NC(=O)CN(c2cccc(Cl)c2Cl)S(=O)(=O)c2ccccc2)c1C. The molecule has 0 saturated carbocycles. The highest BCUT2D eigenvalue weighted by atomic mass is 35.5. The minimum atomic E-state index is -4.14. The molecular weight excluding hydrogens is 555 g/mol. The monoisotopic (exact) mass is 582 g/mol. The van der Waals surface area contributed by atoms with Crippen molar-refractivity contribution in [2.75, 3.05) is 10.8 Å². The van der Waals surface area contributed by atoms with Gasteiger partial charge in [-0.25, -0.2) is 13.8 Å². The van der Waals surface area contributed by atoms with Gasteiger partial charge >= 0.3 is 0 Å². The van der Waals surface area contributed by atoms with Gasteiger partial charge in [0.2, 0.25) is 0 Å². The normalized spacial score (nSPS) is 11.6. The molecule has 4 aromatic rings. The van der Waals surface area contributed by atoms with Gasteiger partial charge in [0.1, 0.15) is 6.54 Å². The number of sulfonamides is 1. The lowest BCUT2D eigenvalue weighted by molar-refractivity contribution is -0.119. The third kappa shape index (κ3) is 5.88. The van der Waals surface area contributed by atoms with Crippen LogP contribution in [0, 0.1) is 27.7 Å². The molecule has 1 heterocycles. The van der Waals surface area contributed by atoms with Crippen LogP contribution in [0.25, 0.3) is 5.69 Å². The molecule has 1 N–H and O–H groups in total. The highest BCUT2D eigenvalue weighted by Gasteiger charge is 2.29. The number of rotatable bonds is 8. The Kier molecular flexibility index (Phi) is 8.49. The number of hydrogen-bond acceptors (Lipinski definition) is 4. The van der Waals surface area contributed by atoms with Crippen LogP contribution in [0.1, 0.15) is 28.1 Å². The third-order valence-electron chi connectivity index (χ3n) is 6.34. The number of benzene rings is 3. The van der Waals surface area contributed by atoms with Gasteiger partial charge in [0.25, 0.3) is 15.9 Å². The predicted molar refractivity (Wildman–Crippen MR) is 158 cm³/mol. The molecule has 0 aliphatic heterocycles. The summed E-state index contributed by atoms with van der Waals surface area (Å²) in [6.07, 6.45) is 1.55. The zero-order valence-corrected chi connectivity index (χ0v) is 24.3. The molecule has 0 radical (unpaired) electrons. The lowest BCUT2D eigenvalue weighted by atomic mass is 10.1. The first-order valence-electron chi connectivity index (χ1n) is 12.1. The Morgan fingerprint density at radius 3 is 2.26 bits per heavy atom. The van der Waals surface area contributed by atoms with E-state index in [1.165, 1.54) is 18.2 Å². The standard InChI is InChI=1S/C29H28Cl2N4O3S/c1-19-10-8-11-20(2)29(19)35-21(3)16-23(22(35)4)17-32-33-27(36)18-34(26-15-9-14-25(30)28(26)31)39(37,38)24-12-6-5-7-13-24/h5-17H,18H2,1-4H3,(H,33,36)/b32-17+. The van der Waals surface area contributed by atoms with Crippen LogP contribution < -0.4 is 9.73 Å². The number of aromatic nitrogens is 1. The molecule has 0 fully saturated rings. The van der Waals surface area contributed by atoms with Gasteiger partial charge in [0.15, 0.2) is 0 Å². The average molecular weight is 584 g/mol. The summed E-state index contributed by atoms with van der Waals surface area (Å²) in [5.74, 6) is -0.648. The zero-order chi connectivity index (χ0) is 28.3. The predicted octanol–water partition coefficient (Wildman–Crippen LogP) is 6.36. The molecule has 39 heavy (non-hydrogen) atoms. The van der Waals surface area contributed by atoms with Crippen LogP contribution in [0.5, 0.6) is 0 Å². The Balaban J connectivity index is 1.60. The van der Waals surface area contributed by atoms with E-state index in [1.54, 1.807) is 36.5 Å². The molecule has 0 spiro atoms. The van der Waals surface area contributed by atoms with E-state index in [4.69, 9.17) is 23.2 Å². The summed E-state index contributed by atoms with van der Waals surface area (Å²) in [7, 11) is -4.14. The van der Waals surface area contributed by atoms with E-state index in [0.29, 0.717) is 0 Å². The number of carbonyl (C=O) groups is 1. The van der Waals surface area contributed by atoms with Crippen molar-refractivity contribution >= 4 is 51.0 Å². The molecule has 0 bridgehead atoms. The lowest BCUT2D eigenvalue weighted by Gasteiger charge is -2.24. The van der Waals surface area contributed by atoms with Gasteiger partial charge < -0.3 is 4.57 Å². The average Bonchev–Trinajstić information content (AvgIpc) is 3.17. The van der Waals surface area contributed by atoms with Gasteiger partial charge in [-0.15, -0.1) is 0 Å². The Labute approximate surface area is 238 Å². The van der Waals surface area contributed by atoms with Crippen molar-refractivity contribution in [3.05, 3.63) is 111 Å². The molecule has 3 aromatic carbocycles. The number of carbonyl (C=O) groups excluding carboxylic acids is 1. The zero-order valence-electron chi connectivity index (χ0n) is 21.9.